The molecule has 0 aromatic rings. The zero-order chi connectivity index (χ0) is 65.2. The van der Waals surface area contributed by atoms with Crippen LogP contribution >= 0.6 is 0 Å². The molecule has 5 aliphatic carbocycles. The Morgan fingerprint density at radius 2 is 0.699 bits per heavy atom. The van der Waals surface area contributed by atoms with E-state index in [1.54, 1.807) is 0 Å². The number of hydrogen-bond donors (Lipinski definition) is 0. The molecule has 0 aromatic carbocycles. The molecule has 510 valence electrons. The first-order valence-electron chi connectivity index (χ1n) is 38.9. The van der Waals surface area contributed by atoms with Gasteiger partial charge in [-0.2, -0.15) is 0 Å². The fraction of sp³-hybridized carbons (Fsp3) is 1.00. The first-order valence-corrected chi connectivity index (χ1v) is 38.9. The Bertz CT molecular complexity index is 1090. The van der Waals surface area contributed by atoms with E-state index in [1.165, 1.54) is 238 Å². The van der Waals surface area contributed by atoms with Crippen molar-refractivity contribution in [1.82, 2.24) is 0 Å². The summed E-state index contributed by atoms with van der Waals surface area (Å²) in [4.78, 5) is 0. The topological polar surface area (TPSA) is 0 Å². The molecule has 0 N–H and O–H groups in total. The minimum atomic E-state index is 0.550. The molecule has 4 unspecified atom stereocenters. The molecule has 0 aromatic heterocycles. The molecule has 5 aliphatic rings. The summed E-state index contributed by atoms with van der Waals surface area (Å²) in [6.45, 7) is 69.1. The van der Waals surface area contributed by atoms with Gasteiger partial charge in [0.2, 0.25) is 0 Å². The van der Waals surface area contributed by atoms with E-state index in [2.05, 4.69) is 208 Å². The van der Waals surface area contributed by atoms with Crippen LogP contribution in [0.5, 0.6) is 0 Å². The molecule has 0 nitrogen and oxygen atoms in total. The van der Waals surface area contributed by atoms with Gasteiger partial charge in [0.1, 0.15) is 0 Å². The van der Waals surface area contributed by atoms with Crippen LogP contribution in [0.3, 0.4) is 0 Å². The maximum Gasteiger partial charge on any atom is -0.0354 e. The monoisotopic (exact) mass is 1180 g/mol. The van der Waals surface area contributed by atoms with Crippen molar-refractivity contribution in [3.05, 3.63) is 0 Å². The van der Waals surface area contributed by atoms with Gasteiger partial charge in [-0.3, -0.25) is 0 Å². The van der Waals surface area contributed by atoms with Gasteiger partial charge in [0.15, 0.2) is 0 Å². The SMILES string of the molecule is CC(C)C1CCC1.CC(C)C1CCCC1.CC1CCC(C)(C)CC1.CC1CCCC(C)C1C.CC1CCCC[C@H]1C.CCC(CC)CC.CCCC(C)(C)C.CCCC(C)CC.CCCCC(C)C.CCCCC(C)C.CCCCCCC. The van der Waals surface area contributed by atoms with Gasteiger partial charge in [-0.1, -0.05) is 426 Å². The van der Waals surface area contributed by atoms with Crippen LogP contribution in [0.25, 0.3) is 0 Å². The lowest BCUT2D eigenvalue weighted by Crippen LogP contribution is -2.21. The molecule has 0 radical (unpaired) electrons. The Balaban J connectivity index is -0.000000197. The molecule has 0 heterocycles. The second-order valence-electron chi connectivity index (χ2n) is 32.4. The molecular formula is C83H178. The van der Waals surface area contributed by atoms with E-state index in [0.717, 1.165) is 82.9 Å². The molecule has 0 bridgehead atoms. The van der Waals surface area contributed by atoms with Crippen LogP contribution in [-0.2, 0) is 0 Å². The molecule has 0 amide bonds. The number of unbranched alkanes of at least 4 members (excludes halogenated alkanes) is 6. The van der Waals surface area contributed by atoms with Crippen LogP contribution in [0.4, 0.5) is 0 Å². The highest BCUT2D eigenvalue weighted by molar-refractivity contribution is 4.77. The third kappa shape index (κ3) is 72.6. The second-order valence-corrected chi connectivity index (χ2v) is 32.4. The van der Waals surface area contributed by atoms with E-state index >= 15 is 0 Å². The van der Waals surface area contributed by atoms with Crippen LogP contribution in [0, 0.1) is 93.7 Å². The van der Waals surface area contributed by atoms with Crippen molar-refractivity contribution in [2.75, 3.05) is 0 Å². The first kappa shape index (κ1) is 94.1. The Morgan fingerprint density at radius 1 is 0.361 bits per heavy atom. The van der Waals surface area contributed by atoms with Gasteiger partial charge in [0, 0.05) is 0 Å². The lowest BCUT2D eigenvalue weighted by molar-refractivity contribution is 0.197. The molecule has 83 heavy (non-hydrogen) atoms. The third-order valence-corrected chi connectivity index (χ3v) is 20.4. The van der Waals surface area contributed by atoms with Crippen molar-refractivity contribution in [3.8, 4) is 0 Å². The predicted molar refractivity (Wildman–Crippen MR) is 395 cm³/mol. The molecule has 0 heteroatoms. The average molecular weight is 1180 g/mol. The predicted octanol–water partition coefficient (Wildman–Crippen LogP) is 31.5. The second kappa shape index (κ2) is 65.0. The standard InChI is InChI=1S/2C9H18.2C8H16.C7H14.6C7H16/c1-8-4-6-9(2,3)7-5-8;1-7-5-4-6-8(2)9(7)3;1-7-5-3-4-6-8(7)2;1-7(2)8-5-3-4-6-8;1-6(2)7-4-3-5-7;1-5-6-7(2,3)4;2*1-4-5-6-7(2)3;1-4-6-7(3)5-2;1-4-7(5-2)6-3;1-3-5-7-6-4-2/h8H,4-7H2,1-3H3;7-9H,4-6H2,1-3H3;2*7-8H,3-6H2,1-2H3;6-7H,3-5H2,1-2H3;5-6H2,1-4H3;4*7H,4-6H2,1-3H3;3-7H2,1-2H3/t;;7-,8?;;;;;;;;/m..1......../s1. The molecule has 0 spiro atoms. The highest BCUT2D eigenvalue weighted by Gasteiger charge is 2.25. The van der Waals surface area contributed by atoms with Crippen molar-refractivity contribution in [2.45, 2.75) is 445 Å². The van der Waals surface area contributed by atoms with Crippen LogP contribution in [0.15, 0.2) is 0 Å². The fourth-order valence-electron chi connectivity index (χ4n) is 11.8. The molecule has 0 aliphatic heterocycles. The summed E-state index contributed by atoms with van der Waals surface area (Å²) in [6, 6.07) is 0. The zero-order valence-corrected chi connectivity index (χ0v) is 65.2. The maximum atomic E-state index is 2.40. The van der Waals surface area contributed by atoms with E-state index in [9.17, 15) is 0 Å². The van der Waals surface area contributed by atoms with Crippen LogP contribution in [0.1, 0.15) is 445 Å². The van der Waals surface area contributed by atoms with Crippen LogP contribution in [0.2, 0.25) is 0 Å². The molecule has 5 saturated carbocycles. The quantitative estimate of drug-likeness (QED) is 0.113. The minimum Gasteiger partial charge on any atom is -0.0654 e. The Hall–Kier alpha value is 0. The summed E-state index contributed by atoms with van der Waals surface area (Å²) in [7, 11) is 0. The normalized spacial score (nSPS) is 21.5. The highest BCUT2D eigenvalue weighted by Crippen LogP contribution is 2.38. The van der Waals surface area contributed by atoms with E-state index < -0.39 is 0 Å². The maximum absolute atomic E-state index is 2.40. The van der Waals surface area contributed by atoms with Crippen LogP contribution < -0.4 is 0 Å². The van der Waals surface area contributed by atoms with Crippen molar-refractivity contribution in [3.63, 3.8) is 0 Å². The average Bonchev–Trinajstić information content (AvgIpc) is 3.97. The van der Waals surface area contributed by atoms with Crippen LogP contribution in [-0.4, -0.2) is 0 Å². The van der Waals surface area contributed by atoms with Gasteiger partial charge in [0.25, 0.3) is 0 Å². The van der Waals surface area contributed by atoms with E-state index in [1.807, 2.05) is 0 Å². The summed E-state index contributed by atoms with van der Waals surface area (Å²) < 4.78 is 0. The highest BCUT2D eigenvalue weighted by atomic mass is 14.3. The molecule has 0 saturated heterocycles. The Kier molecular flexibility index (Phi) is 73.7. The third-order valence-electron chi connectivity index (χ3n) is 20.4. The number of hydrogen-bond acceptors (Lipinski definition) is 0. The van der Waals surface area contributed by atoms with E-state index in [-0.39, 0.29) is 0 Å². The lowest BCUT2D eigenvalue weighted by Gasteiger charge is -2.32. The zero-order valence-electron chi connectivity index (χ0n) is 65.2. The summed E-state index contributed by atoms with van der Waals surface area (Å²) >= 11 is 0. The molecule has 5 rings (SSSR count). The van der Waals surface area contributed by atoms with Gasteiger partial charge in [-0.15, -0.1) is 0 Å². The van der Waals surface area contributed by atoms with E-state index in [0.29, 0.717) is 10.8 Å². The summed E-state index contributed by atoms with van der Waals surface area (Å²) in [5.41, 5.74) is 1.21. The summed E-state index contributed by atoms with van der Waals surface area (Å²) in [6.07, 6.45) is 52.6. The van der Waals surface area contributed by atoms with Gasteiger partial charge in [0.05, 0.1) is 0 Å². The lowest BCUT2D eigenvalue weighted by atomic mass is 9.74. The molecule has 5 fully saturated rings. The Labute approximate surface area is 536 Å². The molecular weight excluding hydrogens is 997 g/mol. The van der Waals surface area contributed by atoms with Gasteiger partial charge < -0.3 is 0 Å². The largest absolute Gasteiger partial charge is 0.0654 e. The van der Waals surface area contributed by atoms with Gasteiger partial charge in [-0.05, 0) is 113 Å². The Morgan fingerprint density at radius 3 is 0.867 bits per heavy atom. The number of rotatable bonds is 19. The van der Waals surface area contributed by atoms with Crippen molar-refractivity contribution >= 4 is 0 Å². The summed E-state index contributed by atoms with van der Waals surface area (Å²) in [5.74, 6) is 13.7. The fourth-order valence-corrected chi connectivity index (χ4v) is 11.8. The minimum absolute atomic E-state index is 0.550. The van der Waals surface area contributed by atoms with Crippen molar-refractivity contribution in [1.29, 1.82) is 0 Å². The first-order chi connectivity index (χ1) is 38.9. The van der Waals surface area contributed by atoms with Gasteiger partial charge >= 0.3 is 0 Å². The van der Waals surface area contributed by atoms with Gasteiger partial charge in [-0.25, -0.2) is 0 Å². The van der Waals surface area contributed by atoms with Crippen molar-refractivity contribution in [2.24, 2.45) is 93.7 Å². The molecule has 5 atom stereocenters. The van der Waals surface area contributed by atoms with E-state index in [4.69, 9.17) is 0 Å². The summed E-state index contributed by atoms with van der Waals surface area (Å²) in [5, 5.41) is 0. The smallest absolute Gasteiger partial charge is 0.0354 e. The van der Waals surface area contributed by atoms with Crippen molar-refractivity contribution < 1.29 is 0 Å².